The van der Waals surface area contributed by atoms with Crippen LogP contribution in [0.15, 0.2) is 255 Å². The van der Waals surface area contributed by atoms with Crippen molar-refractivity contribution in [2.75, 3.05) is 9.80 Å². The molecule has 0 aliphatic heterocycles. The molecule has 0 fully saturated rings. The van der Waals surface area contributed by atoms with E-state index < -0.39 is 0 Å². The van der Waals surface area contributed by atoms with Gasteiger partial charge in [-0.05, 0) is 147 Å². The van der Waals surface area contributed by atoms with Gasteiger partial charge in [-0.15, -0.1) is 0 Å². The highest BCUT2D eigenvalue weighted by Crippen LogP contribution is 2.51. The molecule has 0 atom stereocenters. The molecule has 0 bridgehead atoms. The van der Waals surface area contributed by atoms with Crippen molar-refractivity contribution >= 4 is 131 Å². The molecule has 0 radical (unpaired) electrons. The van der Waals surface area contributed by atoms with Crippen LogP contribution < -0.4 is 9.80 Å². The molecule has 316 valence electrons. The predicted molar refractivity (Wildman–Crippen MR) is 293 cm³/mol. The fourth-order valence-corrected chi connectivity index (χ4v) is 11.1. The first-order chi connectivity index (χ1) is 33.7. The average Bonchev–Trinajstić information content (AvgIpc) is 3.41. The van der Waals surface area contributed by atoms with Crippen LogP contribution in [-0.4, -0.2) is 0 Å². The van der Waals surface area contributed by atoms with E-state index in [0.29, 0.717) is 0 Å². The van der Waals surface area contributed by atoms with Gasteiger partial charge in [-0.1, -0.05) is 194 Å². The Labute approximate surface area is 393 Å². The van der Waals surface area contributed by atoms with Crippen LogP contribution in [0.3, 0.4) is 0 Å². The lowest BCUT2D eigenvalue weighted by Gasteiger charge is -2.30. The zero-order valence-corrected chi connectivity index (χ0v) is 37.1. The second kappa shape index (κ2) is 15.3. The van der Waals surface area contributed by atoms with E-state index in [4.69, 9.17) is 0 Å². The molecule has 0 amide bonds. The predicted octanol–water partition coefficient (Wildman–Crippen LogP) is 19.0. The van der Waals surface area contributed by atoms with Crippen molar-refractivity contribution in [3.05, 3.63) is 255 Å². The van der Waals surface area contributed by atoms with Crippen molar-refractivity contribution in [1.29, 1.82) is 0 Å². The fourth-order valence-electron chi connectivity index (χ4n) is 11.1. The summed E-state index contributed by atoms with van der Waals surface area (Å²) in [5.41, 5.74) is 6.75. The first-order valence-corrected chi connectivity index (χ1v) is 23.5. The van der Waals surface area contributed by atoms with Crippen LogP contribution in [0.2, 0.25) is 0 Å². The van der Waals surface area contributed by atoms with Crippen molar-refractivity contribution in [1.82, 2.24) is 0 Å². The number of benzene rings is 14. The van der Waals surface area contributed by atoms with Crippen LogP contribution in [0.4, 0.5) is 34.1 Å². The van der Waals surface area contributed by atoms with Gasteiger partial charge in [-0.3, -0.25) is 0 Å². The van der Waals surface area contributed by atoms with E-state index in [1.807, 2.05) is 0 Å². The summed E-state index contributed by atoms with van der Waals surface area (Å²) < 4.78 is 0. The zero-order valence-electron chi connectivity index (χ0n) is 37.1. The molecule has 68 heavy (non-hydrogen) atoms. The number of hydrogen-bond donors (Lipinski definition) is 0. The SMILES string of the molecule is c1ccc2cc(N(c3ccc4ccccc4c3)c3cc4c5ccccc5c5cc(N(c6ccc7ccccc7c6)c6ccc7ccccc7c6)c6ccccc6c5c4c4ccccc34)ccc2c1. The summed E-state index contributed by atoms with van der Waals surface area (Å²) in [5, 5.41) is 22.0. The summed E-state index contributed by atoms with van der Waals surface area (Å²) in [4.78, 5) is 4.96. The van der Waals surface area contributed by atoms with Crippen LogP contribution in [-0.2, 0) is 0 Å². The lowest BCUT2D eigenvalue weighted by atomic mass is 9.87. The Kier molecular flexibility index (Phi) is 8.62. The van der Waals surface area contributed by atoms with Gasteiger partial charge in [0.1, 0.15) is 0 Å². The third-order valence-electron chi connectivity index (χ3n) is 14.2. The molecular formula is C66H42N2. The highest BCUT2D eigenvalue weighted by Gasteiger charge is 2.24. The third-order valence-corrected chi connectivity index (χ3v) is 14.2. The zero-order chi connectivity index (χ0) is 44.7. The van der Waals surface area contributed by atoms with Gasteiger partial charge in [-0.25, -0.2) is 0 Å². The molecule has 14 aromatic rings. The van der Waals surface area contributed by atoms with Gasteiger partial charge < -0.3 is 9.80 Å². The van der Waals surface area contributed by atoms with Crippen LogP contribution in [0.5, 0.6) is 0 Å². The highest BCUT2D eigenvalue weighted by molar-refractivity contribution is 6.39. The second-order valence-electron chi connectivity index (χ2n) is 18.1. The molecule has 0 heterocycles. The lowest BCUT2D eigenvalue weighted by molar-refractivity contribution is 1.31. The largest absolute Gasteiger partial charge is 0.310 e. The van der Waals surface area contributed by atoms with Crippen molar-refractivity contribution in [3.8, 4) is 0 Å². The number of fused-ring (bicyclic) bond motifs is 14. The minimum atomic E-state index is 1.12. The Hall–Kier alpha value is -8.98. The second-order valence-corrected chi connectivity index (χ2v) is 18.1. The van der Waals surface area contributed by atoms with Gasteiger partial charge in [-0.2, -0.15) is 0 Å². The highest BCUT2D eigenvalue weighted by atomic mass is 15.1. The molecule has 2 nitrogen and oxygen atoms in total. The Morgan fingerprint density at radius 3 is 0.735 bits per heavy atom. The van der Waals surface area contributed by atoms with Gasteiger partial charge in [0.05, 0.1) is 11.4 Å². The Balaban J connectivity index is 1.10. The molecule has 0 aliphatic carbocycles. The van der Waals surface area contributed by atoms with E-state index in [0.717, 1.165) is 34.1 Å². The van der Waals surface area contributed by atoms with Crippen LogP contribution in [0.1, 0.15) is 0 Å². The molecular weight excluding hydrogens is 821 g/mol. The molecule has 2 heteroatoms. The summed E-state index contributed by atoms with van der Waals surface area (Å²) in [6.45, 7) is 0. The van der Waals surface area contributed by atoms with E-state index in [1.54, 1.807) is 0 Å². The van der Waals surface area contributed by atoms with E-state index in [2.05, 4.69) is 265 Å². The van der Waals surface area contributed by atoms with E-state index >= 15 is 0 Å². The monoisotopic (exact) mass is 862 g/mol. The molecule has 0 saturated heterocycles. The van der Waals surface area contributed by atoms with E-state index in [1.165, 1.54) is 97.0 Å². The van der Waals surface area contributed by atoms with Crippen LogP contribution >= 0.6 is 0 Å². The van der Waals surface area contributed by atoms with Gasteiger partial charge in [0.2, 0.25) is 0 Å². The van der Waals surface area contributed by atoms with Gasteiger partial charge in [0.25, 0.3) is 0 Å². The molecule has 0 aliphatic rings. The molecule has 14 rings (SSSR count). The minimum absolute atomic E-state index is 1.12. The summed E-state index contributed by atoms with van der Waals surface area (Å²) in [5.74, 6) is 0. The summed E-state index contributed by atoms with van der Waals surface area (Å²) in [7, 11) is 0. The van der Waals surface area contributed by atoms with Crippen molar-refractivity contribution < 1.29 is 0 Å². The van der Waals surface area contributed by atoms with Gasteiger partial charge >= 0.3 is 0 Å². The molecule has 0 N–H and O–H groups in total. The standard InChI is InChI=1S/C66H42N2/c1-5-19-47-37-51(33-29-43(47)15-1)67(52-34-30-44-16-2-6-20-48(44)38-52)63-41-61-55-23-9-10-24-56(55)62-42-64(58-26-12-14-28-60(58)66(62)65(61)59-27-13-11-25-57(59)63)68(53-35-31-45-17-3-7-21-49(45)39-53)54-36-32-46-18-4-8-22-50(46)40-54/h1-42H. The van der Waals surface area contributed by atoms with Gasteiger partial charge in [0, 0.05) is 33.5 Å². The quantitative estimate of drug-likeness (QED) is 0.154. The van der Waals surface area contributed by atoms with Crippen molar-refractivity contribution in [2.45, 2.75) is 0 Å². The number of rotatable bonds is 6. The Morgan fingerprint density at radius 2 is 0.426 bits per heavy atom. The minimum Gasteiger partial charge on any atom is -0.310 e. The van der Waals surface area contributed by atoms with E-state index in [9.17, 15) is 0 Å². The maximum Gasteiger partial charge on any atom is 0.0546 e. The first kappa shape index (κ1) is 38.3. The Bertz CT molecular complexity index is 3920. The average molecular weight is 863 g/mol. The van der Waals surface area contributed by atoms with Crippen molar-refractivity contribution in [3.63, 3.8) is 0 Å². The number of hydrogen-bond acceptors (Lipinski definition) is 2. The summed E-state index contributed by atoms with van der Waals surface area (Å²) in [6, 6.07) is 94.3. The molecule has 0 spiro atoms. The van der Waals surface area contributed by atoms with Crippen LogP contribution in [0.25, 0.3) is 97.0 Å². The molecule has 0 unspecified atom stereocenters. The van der Waals surface area contributed by atoms with Gasteiger partial charge in [0.15, 0.2) is 0 Å². The molecule has 0 saturated carbocycles. The first-order valence-electron chi connectivity index (χ1n) is 23.5. The lowest BCUT2D eigenvalue weighted by Crippen LogP contribution is -2.11. The maximum atomic E-state index is 2.48. The van der Waals surface area contributed by atoms with Crippen LogP contribution in [0, 0.1) is 0 Å². The summed E-state index contributed by atoms with van der Waals surface area (Å²) in [6.07, 6.45) is 0. The smallest absolute Gasteiger partial charge is 0.0546 e. The number of anilines is 6. The number of nitrogens with zero attached hydrogens (tertiary/aromatic N) is 2. The fraction of sp³-hybridized carbons (Fsp3) is 0. The molecule has 0 aromatic heterocycles. The topological polar surface area (TPSA) is 6.48 Å². The third kappa shape index (κ3) is 6.05. The maximum absolute atomic E-state index is 2.48. The summed E-state index contributed by atoms with van der Waals surface area (Å²) >= 11 is 0. The normalized spacial score (nSPS) is 11.8. The van der Waals surface area contributed by atoms with E-state index in [-0.39, 0.29) is 0 Å². The Morgan fingerprint density at radius 1 is 0.176 bits per heavy atom. The molecule has 14 aromatic carbocycles. The van der Waals surface area contributed by atoms with Crippen molar-refractivity contribution in [2.24, 2.45) is 0 Å².